The highest BCUT2D eigenvalue weighted by Gasteiger charge is 2.24. The quantitative estimate of drug-likeness (QED) is 0.612. The fourth-order valence-corrected chi connectivity index (χ4v) is 1.66. The topological polar surface area (TPSA) is 40.5 Å². The smallest absolute Gasteiger partial charge is 0.407 e. The summed E-state index contributed by atoms with van der Waals surface area (Å²) in [4.78, 5) is 12.4. The second kappa shape index (κ2) is 6.27. The van der Waals surface area contributed by atoms with E-state index in [0.29, 0.717) is 6.54 Å². The van der Waals surface area contributed by atoms with Crippen LogP contribution in [0.2, 0.25) is 0 Å². The van der Waals surface area contributed by atoms with Crippen molar-refractivity contribution in [3.8, 4) is 0 Å². The maximum atomic E-state index is 10.9. The van der Waals surface area contributed by atoms with Gasteiger partial charge in [-0.1, -0.05) is 22.4 Å². The van der Waals surface area contributed by atoms with Gasteiger partial charge < -0.3 is 10.0 Å². The van der Waals surface area contributed by atoms with Crippen molar-refractivity contribution >= 4 is 22.0 Å². The molecule has 0 saturated carbocycles. The SMILES string of the molecule is CC(C)(C)N(CCCCCBr)C(=O)O. The van der Waals surface area contributed by atoms with Gasteiger partial charge in [0.1, 0.15) is 0 Å². The van der Waals surface area contributed by atoms with E-state index >= 15 is 0 Å². The molecule has 1 N–H and O–H groups in total. The second-order valence-electron chi connectivity index (χ2n) is 4.35. The number of amides is 1. The molecular formula is C10H20BrNO2. The summed E-state index contributed by atoms with van der Waals surface area (Å²) in [5.74, 6) is 0. The molecule has 0 radical (unpaired) electrons. The average Bonchev–Trinajstić information content (AvgIpc) is 2.01. The minimum Gasteiger partial charge on any atom is -0.465 e. The zero-order valence-electron chi connectivity index (χ0n) is 9.22. The maximum Gasteiger partial charge on any atom is 0.407 e. The maximum absolute atomic E-state index is 10.9. The van der Waals surface area contributed by atoms with Crippen LogP contribution in [-0.4, -0.2) is 33.5 Å². The van der Waals surface area contributed by atoms with Crippen molar-refractivity contribution in [3.05, 3.63) is 0 Å². The summed E-state index contributed by atoms with van der Waals surface area (Å²) in [5.41, 5.74) is -0.291. The van der Waals surface area contributed by atoms with Gasteiger partial charge in [0.15, 0.2) is 0 Å². The summed E-state index contributed by atoms with van der Waals surface area (Å²) in [6, 6.07) is 0. The molecule has 3 nitrogen and oxygen atoms in total. The molecule has 14 heavy (non-hydrogen) atoms. The second-order valence-corrected chi connectivity index (χ2v) is 5.15. The van der Waals surface area contributed by atoms with Crippen molar-refractivity contribution in [1.29, 1.82) is 0 Å². The van der Waals surface area contributed by atoms with E-state index in [0.717, 1.165) is 24.6 Å². The molecule has 0 saturated heterocycles. The minimum atomic E-state index is -0.823. The van der Waals surface area contributed by atoms with Crippen LogP contribution in [0.3, 0.4) is 0 Å². The van der Waals surface area contributed by atoms with Crippen molar-refractivity contribution in [2.75, 3.05) is 11.9 Å². The Balaban J connectivity index is 3.94. The van der Waals surface area contributed by atoms with Gasteiger partial charge in [-0.2, -0.15) is 0 Å². The van der Waals surface area contributed by atoms with E-state index in [9.17, 15) is 4.79 Å². The van der Waals surface area contributed by atoms with Crippen LogP contribution in [0.5, 0.6) is 0 Å². The molecule has 84 valence electrons. The number of halogens is 1. The summed E-state index contributed by atoms with van der Waals surface area (Å²) in [6.07, 6.45) is 2.30. The van der Waals surface area contributed by atoms with Crippen LogP contribution in [0.1, 0.15) is 40.0 Å². The predicted molar refractivity (Wildman–Crippen MR) is 62.1 cm³/mol. The van der Waals surface area contributed by atoms with Crippen molar-refractivity contribution in [2.45, 2.75) is 45.6 Å². The van der Waals surface area contributed by atoms with E-state index in [4.69, 9.17) is 5.11 Å². The average molecular weight is 266 g/mol. The molecule has 0 unspecified atom stereocenters. The lowest BCUT2D eigenvalue weighted by atomic mass is 10.1. The molecule has 1 amide bonds. The molecule has 0 aliphatic rings. The van der Waals surface area contributed by atoms with Crippen LogP contribution in [0.25, 0.3) is 0 Å². The van der Waals surface area contributed by atoms with Crippen LogP contribution in [0, 0.1) is 0 Å². The van der Waals surface area contributed by atoms with Crippen molar-refractivity contribution in [3.63, 3.8) is 0 Å². The summed E-state index contributed by atoms with van der Waals surface area (Å²) in [5, 5.41) is 9.98. The summed E-state index contributed by atoms with van der Waals surface area (Å²) >= 11 is 3.36. The number of carboxylic acid groups (broad SMARTS) is 1. The third-order valence-corrected chi connectivity index (χ3v) is 2.62. The van der Waals surface area contributed by atoms with Gasteiger partial charge in [-0.05, 0) is 33.6 Å². The third-order valence-electron chi connectivity index (χ3n) is 2.06. The molecule has 0 rings (SSSR count). The van der Waals surface area contributed by atoms with Crippen LogP contribution in [-0.2, 0) is 0 Å². The third kappa shape index (κ3) is 5.47. The summed E-state index contributed by atoms with van der Waals surface area (Å²) in [7, 11) is 0. The number of unbranched alkanes of at least 4 members (excludes halogenated alkanes) is 2. The first kappa shape index (κ1) is 13.8. The Morgan fingerprint density at radius 3 is 2.21 bits per heavy atom. The normalized spacial score (nSPS) is 11.4. The van der Waals surface area contributed by atoms with Crippen LogP contribution in [0.15, 0.2) is 0 Å². The molecule has 0 aromatic rings. The fourth-order valence-electron chi connectivity index (χ4n) is 1.26. The monoisotopic (exact) mass is 265 g/mol. The molecule has 0 aromatic heterocycles. The van der Waals surface area contributed by atoms with Gasteiger partial charge in [-0.15, -0.1) is 0 Å². The molecule has 0 bridgehead atoms. The molecule has 0 aliphatic heterocycles. The lowest BCUT2D eigenvalue weighted by Gasteiger charge is -2.33. The minimum absolute atomic E-state index is 0.291. The van der Waals surface area contributed by atoms with Gasteiger partial charge in [0, 0.05) is 17.4 Å². The van der Waals surface area contributed by atoms with E-state index in [1.165, 1.54) is 4.90 Å². The largest absolute Gasteiger partial charge is 0.465 e. The van der Waals surface area contributed by atoms with E-state index in [1.54, 1.807) is 0 Å². The molecule has 0 atom stereocenters. The fraction of sp³-hybridized carbons (Fsp3) is 0.900. The van der Waals surface area contributed by atoms with E-state index in [1.807, 2.05) is 20.8 Å². The zero-order chi connectivity index (χ0) is 11.2. The van der Waals surface area contributed by atoms with Crippen LogP contribution < -0.4 is 0 Å². The number of rotatable bonds is 5. The number of alkyl halides is 1. The van der Waals surface area contributed by atoms with Crippen LogP contribution in [0.4, 0.5) is 4.79 Å². The molecule has 0 fully saturated rings. The molecule has 0 aromatic carbocycles. The first-order valence-corrected chi connectivity index (χ1v) is 6.08. The zero-order valence-corrected chi connectivity index (χ0v) is 10.8. The molecule has 0 heterocycles. The van der Waals surface area contributed by atoms with E-state index in [2.05, 4.69) is 15.9 Å². The van der Waals surface area contributed by atoms with Crippen molar-refractivity contribution in [1.82, 2.24) is 4.90 Å². The lowest BCUT2D eigenvalue weighted by Crippen LogP contribution is -2.45. The first-order valence-electron chi connectivity index (χ1n) is 4.96. The Hall–Kier alpha value is -0.250. The molecular weight excluding hydrogens is 246 g/mol. The number of carbonyl (C=O) groups is 1. The summed E-state index contributed by atoms with van der Waals surface area (Å²) in [6.45, 7) is 6.40. The van der Waals surface area contributed by atoms with Crippen molar-refractivity contribution in [2.24, 2.45) is 0 Å². The molecule has 4 heteroatoms. The lowest BCUT2D eigenvalue weighted by molar-refractivity contribution is 0.0991. The highest BCUT2D eigenvalue weighted by atomic mass is 79.9. The van der Waals surface area contributed by atoms with Gasteiger partial charge in [0.2, 0.25) is 0 Å². The molecule has 0 spiro atoms. The van der Waals surface area contributed by atoms with Gasteiger partial charge >= 0.3 is 6.09 Å². The van der Waals surface area contributed by atoms with E-state index < -0.39 is 6.09 Å². The van der Waals surface area contributed by atoms with Crippen molar-refractivity contribution < 1.29 is 9.90 Å². The number of nitrogens with zero attached hydrogens (tertiary/aromatic N) is 1. The molecule has 0 aliphatic carbocycles. The Bertz CT molecular complexity index is 177. The highest BCUT2D eigenvalue weighted by molar-refractivity contribution is 9.09. The standard InChI is InChI=1S/C10H20BrNO2/c1-10(2,3)12(9(13)14)8-6-4-5-7-11/h4-8H2,1-3H3,(H,13,14). The van der Waals surface area contributed by atoms with Gasteiger partial charge in [-0.3, -0.25) is 0 Å². The Kier molecular flexibility index (Phi) is 6.16. The predicted octanol–water partition coefficient (Wildman–Crippen LogP) is 3.33. The highest BCUT2D eigenvalue weighted by Crippen LogP contribution is 2.14. The van der Waals surface area contributed by atoms with Crippen LogP contribution >= 0.6 is 15.9 Å². The number of hydrogen-bond donors (Lipinski definition) is 1. The summed E-state index contributed by atoms with van der Waals surface area (Å²) < 4.78 is 0. The van der Waals surface area contributed by atoms with Gasteiger partial charge in [0.05, 0.1) is 0 Å². The van der Waals surface area contributed by atoms with Gasteiger partial charge in [-0.25, -0.2) is 4.79 Å². The number of hydrogen-bond acceptors (Lipinski definition) is 1. The Morgan fingerprint density at radius 1 is 1.29 bits per heavy atom. The Labute approximate surface area is 94.6 Å². The first-order chi connectivity index (χ1) is 6.39. The Morgan fingerprint density at radius 2 is 1.86 bits per heavy atom. The van der Waals surface area contributed by atoms with Gasteiger partial charge in [0.25, 0.3) is 0 Å². The van der Waals surface area contributed by atoms with E-state index in [-0.39, 0.29) is 5.54 Å².